The minimum atomic E-state index is -3.85. The lowest BCUT2D eigenvalue weighted by Gasteiger charge is -2.08. The van der Waals surface area contributed by atoms with Crippen LogP contribution in [-0.2, 0) is 10.0 Å². The van der Waals surface area contributed by atoms with Crippen LogP contribution in [-0.4, -0.2) is 14.3 Å². The van der Waals surface area contributed by atoms with Gasteiger partial charge in [-0.25, -0.2) is 13.1 Å². The maximum absolute atomic E-state index is 12.0. The highest BCUT2D eigenvalue weighted by Crippen LogP contribution is 2.12. The van der Waals surface area contributed by atoms with Crippen LogP contribution in [0.2, 0.25) is 0 Å². The number of rotatable bonds is 3. The molecule has 0 heterocycles. The molecular weight excluding hydrogens is 274 g/mol. The molecule has 0 aliphatic rings. The molecule has 0 aliphatic carbocycles. The van der Waals surface area contributed by atoms with Gasteiger partial charge in [0.05, 0.1) is 4.90 Å². The Morgan fingerprint density at radius 2 is 1.70 bits per heavy atom. The molecule has 1 N–H and O–H groups in total. The monoisotopic (exact) mass is 288 g/mol. The van der Waals surface area contributed by atoms with Crippen molar-refractivity contribution in [2.45, 2.75) is 18.7 Å². The third-order valence-electron chi connectivity index (χ3n) is 2.99. The van der Waals surface area contributed by atoms with Gasteiger partial charge in [0, 0.05) is 5.56 Å². The summed E-state index contributed by atoms with van der Waals surface area (Å²) in [6.45, 7) is 3.79. The maximum Gasteiger partial charge on any atom is 0.265 e. The van der Waals surface area contributed by atoms with Gasteiger partial charge in [0.1, 0.15) is 0 Å². The topological polar surface area (TPSA) is 63.2 Å². The van der Waals surface area contributed by atoms with Gasteiger partial charge >= 0.3 is 0 Å². The Bertz CT molecular complexity index is 737. The average Bonchev–Trinajstić information content (AvgIpc) is 2.42. The van der Waals surface area contributed by atoms with E-state index in [0.29, 0.717) is 5.56 Å². The summed E-state index contributed by atoms with van der Waals surface area (Å²) in [7, 11) is -3.85. The average molecular weight is 288 g/mol. The van der Waals surface area contributed by atoms with Crippen molar-refractivity contribution in [2.24, 2.45) is 0 Å². The molecule has 4 nitrogen and oxygen atoms in total. The SMILES string of the molecule is Cc1ccc(C(=O)NS(=O)(=O)c2cc[c]cc2)cc1C. The standard InChI is InChI=1S/C15H14NO3S/c1-11-8-9-13(10-12(11)2)15(17)16-20(18,19)14-6-4-3-5-7-14/h4-10H,1-2H3,(H,16,17). The van der Waals surface area contributed by atoms with Gasteiger partial charge in [0.2, 0.25) is 0 Å². The number of carbonyl (C=O) groups excluding carboxylic acids is 1. The molecule has 2 aromatic carbocycles. The van der Waals surface area contributed by atoms with Gasteiger partial charge in [-0.3, -0.25) is 4.79 Å². The highest BCUT2D eigenvalue weighted by Gasteiger charge is 2.18. The summed E-state index contributed by atoms with van der Waals surface area (Å²) in [6.07, 6.45) is 0. The first-order valence-corrected chi connectivity index (χ1v) is 7.49. The molecule has 0 bridgehead atoms. The number of benzene rings is 2. The van der Waals surface area contributed by atoms with E-state index in [-0.39, 0.29) is 4.90 Å². The van der Waals surface area contributed by atoms with Gasteiger partial charge in [-0.2, -0.15) is 0 Å². The summed E-state index contributed by atoms with van der Waals surface area (Å²) < 4.78 is 26.1. The molecular formula is C15H14NO3S. The number of hydrogen-bond acceptors (Lipinski definition) is 3. The normalized spacial score (nSPS) is 11.1. The molecule has 20 heavy (non-hydrogen) atoms. The number of carbonyl (C=O) groups is 1. The Balaban J connectivity index is 2.25. The van der Waals surface area contributed by atoms with Crippen molar-refractivity contribution in [3.8, 4) is 0 Å². The van der Waals surface area contributed by atoms with E-state index < -0.39 is 15.9 Å². The second kappa shape index (κ2) is 5.46. The van der Waals surface area contributed by atoms with Crippen molar-refractivity contribution in [3.63, 3.8) is 0 Å². The van der Waals surface area contributed by atoms with Crippen molar-refractivity contribution in [1.82, 2.24) is 4.72 Å². The Kier molecular flexibility index (Phi) is 3.90. The van der Waals surface area contributed by atoms with Gasteiger partial charge in [-0.05, 0) is 55.3 Å². The van der Waals surface area contributed by atoms with Crippen molar-refractivity contribution >= 4 is 15.9 Å². The number of sulfonamides is 1. The predicted molar refractivity (Wildman–Crippen MR) is 75.8 cm³/mol. The van der Waals surface area contributed by atoms with Gasteiger partial charge in [0.25, 0.3) is 15.9 Å². The second-order valence-electron chi connectivity index (χ2n) is 4.47. The lowest BCUT2D eigenvalue weighted by Crippen LogP contribution is -2.30. The third-order valence-corrected chi connectivity index (χ3v) is 4.34. The Hall–Kier alpha value is -2.14. The van der Waals surface area contributed by atoms with Crippen LogP contribution >= 0.6 is 0 Å². The zero-order valence-electron chi connectivity index (χ0n) is 11.2. The van der Waals surface area contributed by atoms with Gasteiger partial charge in [0.15, 0.2) is 0 Å². The molecule has 0 saturated carbocycles. The van der Waals surface area contributed by atoms with E-state index in [2.05, 4.69) is 10.8 Å². The molecule has 2 rings (SSSR count). The van der Waals surface area contributed by atoms with Crippen molar-refractivity contribution in [3.05, 3.63) is 65.2 Å². The van der Waals surface area contributed by atoms with Crippen LogP contribution in [0.15, 0.2) is 47.4 Å². The summed E-state index contributed by atoms with van der Waals surface area (Å²) in [5.41, 5.74) is 2.30. The summed E-state index contributed by atoms with van der Waals surface area (Å²) in [5, 5.41) is 0. The Morgan fingerprint density at radius 1 is 1.05 bits per heavy atom. The van der Waals surface area contributed by atoms with E-state index in [1.807, 2.05) is 13.8 Å². The van der Waals surface area contributed by atoms with Gasteiger partial charge in [-0.15, -0.1) is 0 Å². The van der Waals surface area contributed by atoms with E-state index in [0.717, 1.165) is 11.1 Å². The molecule has 0 unspecified atom stereocenters. The quantitative estimate of drug-likeness (QED) is 0.942. The van der Waals surface area contributed by atoms with E-state index in [4.69, 9.17) is 0 Å². The molecule has 0 atom stereocenters. The minimum absolute atomic E-state index is 0.0356. The van der Waals surface area contributed by atoms with Crippen LogP contribution in [0.25, 0.3) is 0 Å². The minimum Gasteiger partial charge on any atom is -0.268 e. The lowest BCUT2D eigenvalue weighted by atomic mass is 10.1. The highest BCUT2D eigenvalue weighted by atomic mass is 32.2. The Morgan fingerprint density at radius 3 is 2.30 bits per heavy atom. The zero-order valence-corrected chi connectivity index (χ0v) is 12.0. The maximum atomic E-state index is 12.0. The first kappa shape index (κ1) is 14.3. The van der Waals surface area contributed by atoms with Crippen LogP contribution in [0.5, 0.6) is 0 Å². The highest BCUT2D eigenvalue weighted by molar-refractivity contribution is 7.90. The molecule has 103 valence electrons. The molecule has 5 heteroatoms. The van der Waals surface area contributed by atoms with Gasteiger partial charge in [-0.1, -0.05) is 18.2 Å². The number of aryl methyl sites for hydroxylation is 2. The fourth-order valence-electron chi connectivity index (χ4n) is 1.67. The van der Waals surface area contributed by atoms with E-state index >= 15 is 0 Å². The summed E-state index contributed by atoms with van der Waals surface area (Å²) >= 11 is 0. The molecule has 1 amide bonds. The van der Waals surface area contributed by atoms with Crippen LogP contribution < -0.4 is 4.72 Å². The van der Waals surface area contributed by atoms with Crippen LogP contribution in [0.3, 0.4) is 0 Å². The molecule has 1 radical (unpaired) electrons. The van der Waals surface area contributed by atoms with Crippen LogP contribution in [0.1, 0.15) is 21.5 Å². The van der Waals surface area contributed by atoms with E-state index in [1.165, 1.54) is 24.3 Å². The number of nitrogens with one attached hydrogen (secondary N) is 1. The summed E-state index contributed by atoms with van der Waals surface area (Å²) in [5.74, 6) is -0.638. The molecule has 0 spiro atoms. The number of amides is 1. The van der Waals surface area contributed by atoms with Gasteiger partial charge < -0.3 is 0 Å². The Labute approximate surface area is 118 Å². The van der Waals surface area contributed by atoms with Crippen molar-refractivity contribution < 1.29 is 13.2 Å². The molecule has 0 aliphatic heterocycles. The number of hydrogen-bond donors (Lipinski definition) is 1. The van der Waals surface area contributed by atoms with Crippen molar-refractivity contribution in [2.75, 3.05) is 0 Å². The lowest BCUT2D eigenvalue weighted by molar-refractivity contribution is 0.0981. The van der Waals surface area contributed by atoms with E-state index in [1.54, 1.807) is 18.2 Å². The first-order chi connectivity index (χ1) is 9.40. The predicted octanol–water partition coefficient (Wildman–Crippen LogP) is 2.22. The second-order valence-corrected chi connectivity index (χ2v) is 6.15. The molecule has 0 fully saturated rings. The fourth-order valence-corrected chi connectivity index (χ4v) is 2.65. The van der Waals surface area contributed by atoms with Crippen LogP contribution in [0, 0.1) is 19.9 Å². The summed E-state index contributed by atoms with van der Waals surface area (Å²) in [6, 6.07) is 13.5. The smallest absolute Gasteiger partial charge is 0.265 e. The molecule has 2 aromatic rings. The largest absolute Gasteiger partial charge is 0.268 e. The first-order valence-electron chi connectivity index (χ1n) is 6.01. The fraction of sp³-hybridized carbons (Fsp3) is 0.133. The van der Waals surface area contributed by atoms with E-state index in [9.17, 15) is 13.2 Å². The van der Waals surface area contributed by atoms with Crippen LogP contribution in [0.4, 0.5) is 0 Å². The van der Waals surface area contributed by atoms with Crippen molar-refractivity contribution in [1.29, 1.82) is 0 Å². The third kappa shape index (κ3) is 3.05. The summed E-state index contributed by atoms with van der Waals surface area (Å²) in [4.78, 5) is 12.0. The molecule has 0 aromatic heterocycles. The molecule has 0 saturated heterocycles. The zero-order chi connectivity index (χ0) is 14.8.